The van der Waals surface area contributed by atoms with Gasteiger partial charge in [0.25, 0.3) is 0 Å². The van der Waals surface area contributed by atoms with Gasteiger partial charge in [-0.15, -0.1) is 0 Å². The number of aromatic carboxylic acids is 1. The third-order valence-corrected chi connectivity index (χ3v) is 2.28. The van der Waals surface area contributed by atoms with Gasteiger partial charge >= 0.3 is 5.97 Å². The lowest BCUT2D eigenvalue weighted by atomic mass is 9.99. The van der Waals surface area contributed by atoms with E-state index in [1.807, 2.05) is 0 Å². The highest BCUT2D eigenvalue weighted by atomic mass is 16.4. The van der Waals surface area contributed by atoms with Crippen LogP contribution >= 0.6 is 0 Å². The number of rotatable bonds is 3. The molecule has 0 saturated carbocycles. The quantitative estimate of drug-likeness (QED) is 0.816. The van der Waals surface area contributed by atoms with E-state index in [1.54, 1.807) is 19.9 Å². The first-order valence-electron chi connectivity index (χ1n) is 4.71. The van der Waals surface area contributed by atoms with Crippen molar-refractivity contribution in [2.45, 2.75) is 13.8 Å². The number of carbonyl (C=O) groups is 1. The fraction of sp³-hybridized carbons (Fsp3) is 0.167. The van der Waals surface area contributed by atoms with Gasteiger partial charge in [-0.25, -0.2) is 4.79 Å². The number of nitrogens with zero attached hydrogens (tertiary/aromatic N) is 1. The van der Waals surface area contributed by atoms with Crippen molar-refractivity contribution in [3.63, 3.8) is 0 Å². The first kappa shape index (κ1) is 12.0. The van der Waals surface area contributed by atoms with Gasteiger partial charge in [0.15, 0.2) is 0 Å². The van der Waals surface area contributed by atoms with E-state index >= 15 is 0 Å². The molecule has 0 aliphatic rings. The van der Waals surface area contributed by atoms with E-state index in [4.69, 9.17) is 10.8 Å². The Morgan fingerprint density at radius 2 is 2.06 bits per heavy atom. The zero-order chi connectivity index (χ0) is 12.5. The summed E-state index contributed by atoms with van der Waals surface area (Å²) in [6, 6.07) is 0. The van der Waals surface area contributed by atoms with Crippen molar-refractivity contribution < 1.29 is 9.90 Å². The Morgan fingerprint density at radius 1 is 1.50 bits per heavy atom. The molecule has 0 radical (unpaired) electrons. The largest absolute Gasteiger partial charge is 0.478 e. The Labute approximate surface area is 94.1 Å². The number of aromatic nitrogens is 1. The van der Waals surface area contributed by atoms with Crippen LogP contribution in [0.3, 0.4) is 0 Å². The third kappa shape index (κ3) is 1.82. The van der Waals surface area contributed by atoms with Crippen molar-refractivity contribution in [1.82, 2.24) is 4.98 Å². The van der Waals surface area contributed by atoms with Crippen LogP contribution in [-0.4, -0.2) is 16.1 Å². The van der Waals surface area contributed by atoms with E-state index in [9.17, 15) is 4.79 Å². The van der Waals surface area contributed by atoms with Crippen LogP contribution in [0.15, 0.2) is 13.2 Å². The standard InChI is InChI=1S/C12H14N2O2/c1-5-8-9(6(2)3)11(13)10(12(15)16)7(4)14-8/h5H,1-2H2,3-4H3,(H2,13,14)(H,15,16). The Bertz CT molecular complexity index is 490. The summed E-state index contributed by atoms with van der Waals surface area (Å²) >= 11 is 0. The van der Waals surface area contributed by atoms with Gasteiger partial charge in [0, 0.05) is 5.56 Å². The highest BCUT2D eigenvalue weighted by molar-refractivity contribution is 5.98. The van der Waals surface area contributed by atoms with E-state index in [-0.39, 0.29) is 11.3 Å². The Morgan fingerprint density at radius 3 is 2.44 bits per heavy atom. The summed E-state index contributed by atoms with van der Waals surface area (Å²) in [7, 11) is 0. The van der Waals surface area contributed by atoms with E-state index in [2.05, 4.69) is 18.1 Å². The molecule has 84 valence electrons. The monoisotopic (exact) mass is 218 g/mol. The van der Waals surface area contributed by atoms with Crippen LogP contribution < -0.4 is 5.73 Å². The van der Waals surface area contributed by atoms with Gasteiger partial charge in [-0.1, -0.05) is 13.2 Å². The summed E-state index contributed by atoms with van der Waals surface area (Å²) in [5.41, 5.74) is 8.23. The van der Waals surface area contributed by atoms with Crippen LogP contribution in [-0.2, 0) is 0 Å². The van der Waals surface area contributed by atoms with E-state index in [0.29, 0.717) is 22.5 Å². The molecular weight excluding hydrogens is 204 g/mol. The van der Waals surface area contributed by atoms with Crippen LogP contribution in [0, 0.1) is 6.92 Å². The third-order valence-electron chi connectivity index (χ3n) is 2.28. The zero-order valence-corrected chi connectivity index (χ0v) is 9.37. The van der Waals surface area contributed by atoms with Crippen molar-refractivity contribution >= 4 is 23.3 Å². The van der Waals surface area contributed by atoms with Crippen molar-refractivity contribution in [1.29, 1.82) is 0 Å². The molecule has 1 aromatic rings. The van der Waals surface area contributed by atoms with Crippen molar-refractivity contribution in [3.05, 3.63) is 35.7 Å². The molecule has 0 atom stereocenters. The normalized spacial score (nSPS) is 9.88. The Hall–Kier alpha value is -2.10. The van der Waals surface area contributed by atoms with Crippen molar-refractivity contribution in [3.8, 4) is 0 Å². The van der Waals surface area contributed by atoms with Crippen LogP contribution in [0.2, 0.25) is 0 Å². The molecule has 0 spiro atoms. The predicted molar refractivity (Wildman–Crippen MR) is 65.1 cm³/mol. The highest BCUT2D eigenvalue weighted by Crippen LogP contribution is 2.28. The molecule has 1 heterocycles. The number of pyridine rings is 1. The van der Waals surface area contributed by atoms with Gasteiger partial charge in [0.05, 0.1) is 17.1 Å². The summed E-state index contributed by atoms with van der Waals surface area (Å²) in [6.07, 6.45) is 1.54. The Balaban J connectivity index is 3.71. The first-order valence-corrected chi connectivity index (χ1v) is 4.71. The molecule has 16 heavy (non-hydrogen) atoms. The number of hydrogen-bond donors (Lipinski definition) is 2. The van der Waals surface area contributed by atoms with Gasteiger partial charge in [0.2, 0.25) is 0 Å². The fourth-order valence-corrected chi connectivity index (χ4v) is 1.62. The molecule has 1 rings (SSSR count). The molecule has 0 bridgehead atoms. The molecule has 0 unspecified atom stereocenters. The molecule has 0 saturated heterocycles. The lowest BCUT2D eigenvalue weighted by Crippen LogP contribution is -2.11. The second-order valence-corrected chi connectivity index (χ2v) is 3.54. The van der Waals surface area contributed by atoms with Crippen LogP contribution in [0.25, 0.3) is 11.6 Å². The second kappa shape index (κ2) is 4.18. The lowest BCUT2D eigenvalue weighted by Gasteiger charge is -2.13. The summed E-state index contributed by atoms with van der Waals surface area (Å²) in [5.74, 6) is -1.08. The number of carboxylic acids is 1. The van der Waals surface area contributed by atoms with Crippen LogP contribution in [0.5, 0.6) is 0 Å². The summed E-state index contributed by atoms with van der Waals surface area (Å²) < 4.78 is 0. The summed E-state index contributed by atoms with van der Waals surface area (Å²) in [6.45, 7) is 10.7. The van der Waals surface area contributed by atoms with E-state index < -0.39 is 5.97 Å². The summed E-state index contributed by atoms with van der Waals surface area (Å²) in [5, 5.41) is 9.04. The number of nitrogens with two attached hydrogens (primary N) is 1. The average Bonchev–Trinajstić information content (AvgIpc) is 2.14. The van der Waals surface area contributed by atoms with Crippen molar-refractivity contribution in [2.75, 3.05) is 5.73 Å². The first-order chi connectivity index (χ1) is 7.40. The number of allylic oxidation sites excluding steroid dienone is 1. The van der Waals surface area contributed by atoms with E-state index in [0.717, 1.165) is 0 Å². The highest BCUT2D eigenvalue weighted by Gasteiger charge is 2.19. The minimum atomic E-state index is -1.08. The van der Waals surface area contributed by atoms with Crippen molar-refractivity contribution in [2.24, 2.45) is 0 Å². The van der Waals surface area contributed by atoms with E-state index in [1.165, 1.54) is 0 Å². The molecular formula is C12H14N2O2. The molecule has 0 aromatic carbocycles. The maximum absolute atomic E-state index is 11.0. The maximum atomic E-state index is 11.0. The zero-order valence-electron chi connectivity index (χ0n) is 9.37. The van der Waals surface area contributed by atoms with Gasteiger partial charge in [0.1, 0.15) is 5.56 Å². The van der Waals surface area contributed by atoms with Gasteiger partial charge in [-0.05, 0) is 25.5 Å². The average molecular weight is 218 g/mol. The lowest BCUT2D eigenvalue weighted by molar-refractivity contribution is 0.0696. The minimum absolute atomic E-state index is 0.0311. The van der Waals surface area contributed by atoms with Gasteiger partial charge in [-0.3, -0.25) is 4.98 Å². The molecule has 0 aliphatic heterocycles. The van der Waals surface area contributed by atoms with Crippen LogP contribution in [0.1, 0.15) is 34.2 Å². The van der Waals surface area contributed by atoms with Gasteiger partial charge < -0.3 is 10.8 Å². The number of hydrogen-bond acceptors (Lipinski definition) is 3. The number of carboxylic acid groups (broad SMARTS) is 1. The molecule has 1 aromatic heterocycles. The molecule has 0 amide bonds. The van der Waals surface area contributed by atoms with Crippen LogP contribution in [0.4, 0.5) is 5.69 Å². The molecule has 0 fully saturated rings. The number of aryl methyl sites for hydroxylation is 1. The maximum Gasteiger partial charge on any atom is 0.339 e. The fourth-order valence-electron chi connectivity index (χ4n) is 1.62. The molecule has 0 aliphatic carbocycles. The smallest absolute Gasteiger partial charge is 0.339 e. The topological polar surface area (TPSA) is 76.2 Å². The molecule has 3 N–H and O–H groups in total. The Kier molecular flexibility index (Phi) is 3.13. The van der Waals surface area contributed by atoms with Gasteiger partial charge in [-0.2, -0.15) is 0 Å². The SMILES string of the molecule is C=Cc1nc(C)c(C(=O)O)c(N)c1C(=C)C. The number of anilines is 1. The molecule has 4 heteroatoms. The molecule has 4 nitrogen and oxygen atoms in total. The summed E-state index contributed by atoms with van der Waals surface area (Å²) in [4.78, 5) is 15.2. The number of nitrogen functional groups attached to an aromatic ring is 1. The second-order valence-electron chi connectivity index (χ2n) is 3.54. The predicted octanol–water partition coefficient (Wildman–Crippen LogP) is 2.35. The minimum Gasteiger partial charge on any atom is -0.478 e.